The molecule has 9 heteroatoms. The fraction of sp³-hybridized carbons (Fsp3) is 0.350. The molecule has 29 heavy (non-hydrogen) atoms. The van der Waals surface area contributed by atoms with Gasteiger partial charge in [-0.2, -0.15) is 0 Å². The lowest BCUT2D eigenvalue weighted by molar-refractivity contribution is -0.274. The van der Waals surface area contributed by atoms with Crippen LogP contribution in [0.5, 0.6) is 17.2 Å². The number of carbonyl (C=O) groups excluding carboxylic acids is 1. The molecule has 2 unspecified atom stereocenters. The molecule has 0 aliphatic rings. The van der Waals surface area contributed by atoms with Gasteiger partial charge in [-0.15, -0.1) is 13.2 Å². The van der Waals surface area contributed by atoms with Gasteiger partial charge in [0.1, 0.15) is 17.2 Å². The van der Waals surface area contributed by atoms with Crippen LogP contribution in [0.1, 0.15) is 25.5 Å². The largest absolute Gasteiger partial charge is 0.573 e. The average molecular weight is 412 g/mol. The van der Waals surface area contributed by atoms with E-state index in [1.54, 1.807) is 33.3 Å². The molecule has 2 atom stereocenters. The number of rotatable bonds is 8. The topological polar surface area (TPSA) is 68.8 Å². The number of alkyl halides is 3. The van der Waals surface area contributed by atoms with Crippen LogP contribution >= 0.6 is 0 Å². The summed E-state index contributed by atoms with van der Waals surface area (Å²) in [6.45, 7) is 3.56. The molecule has 0 bridgehead atoms. The van der Waals surface area contributed by atoms with Crippen molar-refractivity contribution in [2.75, 3.05) is 19.5 Å². The highest BCUT2D eigenvalue weighted by Crippen LogP contribution is 2.29. The van der Waals surface area contributed by atoms with Crippen molar-refractivity contribution in [3.8, 4) is 17.2 Å². The molecular formula is C20H23F3N2O4. The summed E-state index contributed by atoms with van der Waals surface area (Å²) in [7, 11) is 3.12. The Kier molecular flexibility index (Phi) is 7.33. The van der Waals surface area contributed by atoms with Gasteiger partial charge < -0.3 is 19.5 Å². The minimum absolute atomic E-state index is 0.233. The third-order valence-corrected chi connectivity index (χ3v) is 4.15. The number of carbonyl (C=O) groups is 1. The van der Waals surface area contributed by atoms with Gasteiger partial charge in [0.25, 0.3) is 0 Å². The van der Waals surface area contributed by atoms with E-state index < -0.39 is 12.4 Å². The van der Waals surface area contributed by atoms with Gasteiger partial charge in [0, 0.05) is 17.3 Å². The maximum Gasteiger partial charge on any atom is 0.573 e. The van der Waals surface area contributed by atoms with Gasteiger partial charge in [-0.3, -0.25) is 10.1 Å². The Bertz CT molecular complexity index is 825. The lowest BCUT2D eigenvalue weighted by atomic mass is 10.1. The summed E-state index contributed by atoms with van der Waals surface area (Å²) < 4.78 is 51.0. The zero-order valence-corrected chi connectivity index (χ0v) is 16.5. The number of hydrogen-bond donors (Lipinski definition) is 2. The predicted molar refractivity (Wildman–Crippen MR) is 102 cm³/mol. The van der Waals surface area contributed by atoms with Crippen LogP contribution in [0.15, 0.2) is 42.5 Å². The van der Waals surface area contributed by atoms with E-state index in [-0.39, 0.29) is 17.7 Å². The lowest BCUT2D eigenvalue weighted by Crippen LogP contribution is -2.39. The molecule has 2 rings (SSSR count). The molecule has 0 heterocycles. The quantitative estimate of drug-likeness (QED) is 0.677. The minimum atomic E-state index is -4.76. The molecule has 0 aromatic heterocycles. The highest BCUT2D eigenvalue weighted by Gasteiger charge is 2.31. The number of hydrogen-bond acceptors (Lipinski definition) is 5. The molecule has 2 N–H and O–H groups in total. The number of amides is 1. The van der Waals surface area contributed by atoms with Crippen molar-refractivity contribution >= 4 is 11.6 Å². The standard InChI is InChI=1S/C20H23F3N2O4/c1-12(17-11-16(27-3)9-10-18(17)28-4)24-13(2)19(26)25-14-5-7-15(8-6-14)29-20(21,22)23/h5-13,24H,1-4H3,(H,25,26). The van der Waals surface area contributed by atoms with Gasteiger partial charge in [-0.25, -0.2) is 0 Å². The number of methoxy groups -OCH3 is 2. The summed E-state index contributed by atoms with van der Waals surface area (Å²) in [6.07, 6.45) is -4.76. The van der Waals surface area contributed by atoms with Crippen molar-refractivity contribution in [3.63, 3.8) is 0 Å². The maximum absolute atomic E-state index is 12.4. The Hall–Kier alpha value is -2.94. The van der Waals surface area contributed by atoms with E-state index in [1.165, 1.54) is 12.1 Å². The second-order valence-electron chi connectivity index (χ2n) is 6.28. The summed E-state index contributed by atoms with van der Waals surface area (Å²) in [5.74, 6) is 0.606. The average Bonchev–Trinajstić information content (AvgIpc) is 2.67. The zero-order valence-electron chi connectivity index (χ0n) is 16.5. The minimum Gasteiger partial charge on any atom is -0.497 e. The highest BCUT2D eigenvalue weighted by molar-refractivity contribution is 5.94. The summed E-state index contributed by atoms with van der Waals surface area (Å²) in [5, 5.41) is 5.81. The number of benzene rings is 2. The van der Waals surface area contributed by atoms with Crippen LogP contribution in [0.2, 0.25) is 0 Å². The first-order valence-corrected chi connectivity index (χ1v) is 8.77. The van der Waals surface area contributed by atoms with Crippen LogP contribution < -0.4 is 24.8 Å². The second-order valence-corrected chi connectivity index (χ2v) is 6.28. The Balaban J connectivity index is 2.00. The smallest absolute Gasteiger partial charge is 0.497 e. The van der Waals surface area contributed by atoms with Crippen LogP contribution in [0.4, 0.5) is 18.9 Å². The van der Waals surface area contributed by atoms with Gasteiger partial charge in [0.2, 0.25) is 5.91 Å². The van der Waals surface area contributed by atoms with Crippen molar-refractivity contribution in [3.05, 3.63) is 48.0 Å². The van der Waals surface area contributed by atoms with Crippen LogP contribution in [0.25, 0.3) is 0 Å². The van der Waals surface area contributed by atoms with Crippen LogP contribution in [-0.4, -0.2) is 32.5 Å². The van der Waals surface area contributed by atoms with Crippen LogP contribution in [0, 0.1) is 0 Å². The molecule has 0 spiro atoms. The van der Waals surface area contributed by atoms with Crippen molar-refractivity contribution in [2.45, 2.75) is 32.3 Å². The van der Waals surface area contributed by atoms with Crippen LogP contribution in [-0.2, 0) is 4.79 Å². The molecule has 6 nitrogen and oxygen atoms in total. The van der Waals surface area contributed by atoms with Gasteiger partial charge in [0.05, 0.1) is 20.3 Å². The third-order valence-electron chi connectivity index (χ3n) is 4.15. The molecule has 0 fully saturated rings. The SMILES string of the molecule is COc1ccc(OC)c(C(C)NC(C)C(=O)Nc2ccc(OC(F)(F)F)cc2)c1. The fourth-order valence-corrected chi connectivity index (χ4v) is 2.71. The van der Waals surface area contributed by atoms with Crippen molar-refractivity contribution < 1.29 is 32.2 Å². The first kappa shape index (κ1) is 22.4. The normalized spacial score (nSPS) is 13.3. The van der Waals surface area contributed by atoms with Crippen molar-refractivity contribution in [1.82, 2.24) is 5.32 Å². The van der Waals surface area contributed by atoms with E-state index in [9.17, 15) is 18.0 Å². The number of ether oxygens (including phenoxy) is 3. The summed E-state index contributed by atoms with van der Waals surface area (Å²) in [4.78, 5) is 12.4. The summed E-state index contributed by atoms with van der Waals surface area (Å²) >= 11 is 0. The number of nitrogens with one attached hydrogen (secondary N) is 2. The van der Waals surface area contributed by atoms with E-state index >= 15 is 0 Å². The van der Waals surface area contributed by atoms with E-state index in [4.69, 9.17) is 9.47 Å². The molecule has 0 saturated heterocycles. The maximum atomic E-state index is 12.4. The van der Waals surface area contributed by atoms with Crippen molar-refractivity contribution in [2.24, 2.45) is 0 Å². The monoisotopic (exact) mass is 412 g/mol. The Morgan fingerprint density at radius 3 is 2.14 bits per heavy atom. The Labute approximate surface area is 167 Å². The molecule has 2 aromatic rings. The van der Waals surface area contributed by atoms with Gasteiger partial charge in [-0.05, 0) is 56.3 Å². The van der Waals surface area contributed by atoms with Crippen molar-refractivity contribution in [1.29, 1.82) is 0 Å². The van der Waals surface area contributed by atoms with Gasteiger partial charge >= 0.3 is 6.36 Å². The lowest BCUT2D eigenvalue weighted by Gasteiger charge is -2.22. The highest BCUT2D eigenvalue weighted by atomic mass is 19.4. The van der Waals surface area contributed by atoms with Gasteiger partial charge in [-0.1, -0.05) is 0 Å². The van der Waals surface area contributed by atoms with E-state index in [2.05, 4.69) is 15.4 Å². The molecular weight excluding hydrogens is 389 g/mol. The molecule has 1 amide bonds. The van der Waals surface area contributed by atoms with E-state index in [0.717, 1.165) is 17.7 Å². The summed E-state index contributed by atoms with van der Waals surface area (Å²) in [5.41, 5.74) is 1.17. The molecule has 0 aliphatic carbocycles. The first-order valence-electron chi connectivity index (χ1n) is 8.77. The second kappa shape index (κ2) is 9.51. The molecule has 2 aromatic carbocycles. The van der Waals surface area contributed by atoms with Gasteiger partial charge in [0.15, 0.2) is 0 Å². The zero-order chi connectivity index (χ0) is 21.6. The number of halogens is 3. The third kappa shape index (κ3) is 6.56. The van der Waals surface area contributed by atoms with Crippen LogP contribution in [0.3, 0.4) is 0 Å². The Morgan fingerprint density at radius 2 is 1.59 bits per heavy atom. The molecule has 0 saturated carbocycles. The molecule has 158 valence electrons. The number of anilines is 1. The van der Waals surface area contributed by atoms with E-state index in [1.807, 2.05) is 13.0 Å². The fourth-order valence-electron chi connectivity index (χ4n) is 2.71. The first-order chi connectivity index (χ1) is 13.6. The Morgan fingerprint density at radius 1 is 0.966 bits per heavy atom. The molecule has 0 radical (unpaired) electrons. The summed E-state index contributed by atoms with van der Waals surface area (Å²) in [6, 6.07) is 9.48. The van der Waals surface area contributed by atoms with E-state index in [0.29, 0.717) is 17.2 Å². The predicted octanol–water partition coefficient (Wildman–Crippen LogP) is 4.28. The molecule has 0 aliphatic heterocycles.